The van der Waals surface area contributed by atoms with Crippen molar-refractivity contribution in [1.82, 2.24) is 9.88 Å². The lowest BCUT2D eigenvalue weighted by atomic mass is 10.1. The van der Waals surface area contributed by atoms with Crippen molar-refractivity contribution in [3.8, 4) is 0 Å². The lowest BCUT2D eigenvalue weighted by Crippen LogP contribution is -2.22. The first-order valence-corrected chi connectivity index (χ1v) is 8.18. The Bertz CT molecular complexity index is 700. The molecule has 0 fully saturated rings. The zero-order chi connectivity index (χ0) is 15.7. The van der Waals surface area contributed by atoms with E-state index in [1.165, 1.54) is 5.56 Å². The molecule has 1 aromatic heterocycles. The maximum absolute atomic E-state index is 12.2. The van der Waals surface area contributed by atoms with Gasteiger partial charge in [-0.05, 0) is 37.6 Å². The number of pyridine rings is 1. The number of aromatic nitrogens is 1. The van der Waals surface area contributed by atoms with Gasteiger partial charge in [-0.3, -0.25) is 4.79 Å². The van der Waals surface area contributed by atoms with Crippen LogP contribution in [-0.2, 0) is 6.54 Å². The molecule has 1 N–H and O–H groups in total. The monoisotopic (exact) mass is 359 g/mol. The molecule has 1 aromatic carbocycles. The van der Waals surface area contributed by atoms with Crippen LogP contribution in [-0.4, -0.2) is 22.3 Å². The van der Waals surface area contributed by atoms with E-state index in [9.17, 15) is 4.79 Å². The van der Waals surface area contributed by atoms with Gasteiger partial charge < -0.3 is 10.2 Å². The van der Waals surface area contributed by atoms with Crippen LogP contribution in [0.1, 0.15) is 41.4 Å². The number of hydrogen-bond donors (Lipinski definition) is 1. The molecule has 0 saturated carbocycles. The van der Waals surface area contributed by atoms with Gasteiger partial charge in [0.25, 0.3) is 5.91 Å². The van der Waals surface area contributed by atoms with Gasteiger partial charge in [0, 0.05) is 34.4 Å². The molecule has 0 spiro atoms. The van der Waals surface area contributed by atoms with Gasteiger partial charge >= 0.3 is 0 Å². The van der Waals surface area contributed by atoms with Crippen molar-refractivity contribution in [2.24, 2.45) is 0 Å². The molecule has 1 aliphatic rings. The largest absolute Gasteiger partial charge is 0.363 e. The Morgan fingerprint density at radius 3 is 2.73 bits per heavy atom. The Labute approximate surface area is 138 Å². The van der Waals surface area contributed by atoms with Crippen LogP contribution >= 0.6 is 15.9 Å². The molecule has 1 amide bonds. The first kappa shape index (κ1) is 15.0. The number of amides is 1. The molecule has 1 atom stereocenters. The fourth-order valence-corrected chi connectivity index (χ4v) is 2.97. The van der Waals surface area contributed by atoms with Crippen molar-refractivity contribution in [2.75, 3.05) is 11.9 Å². The molecule has 4 nitrogen and oxygen atoms in total. The average Bonchev–Trinajstić information content (AvgIpc) is 2.85. The van der Waals surface area contributed by atoms with E-state index in [-0.39, 0.29) is 11.9 Å². The fourth-order valence-electron chi connectivity index (χ4n) is 2.71. The predicted octanol–water partition coefficient (Wildman–Crippen LogP) is 3.99. The van der Waals surface area contributed by atoms with E-state index in [1.54, 1.807) is 6.20 Å². The zero-order valence-corrected chi connectivity index (χ0v) is 14.2. The van der Waals surface area contributed by atoms with Crippen molar-refractivity contribution in [3.05, 3.63) is 57.7 Å². The smallest absolute Gasteiger partial charge is 0.254 e. The van der Waals surface area contributed by atoms with Crippen LogP contribution in [0.2, 0.25) is 0 Å². The second kappa shape index (κ2) is 6.08. The summed E-state index contributed by atoms with van der Waals surface area (Å²) in [4.78, 5) is 18.5. The maximum Gasteiger partial charge on any atom is 0.254 e. The van der Waals surface area contributed by atoms with Crippen LogP contribution in [0, 0.1) is 0 Å². The van der Waals surface area contributed by atoms with Crippen LogP contribution in [0.25, 0.3) is 0 Å². The quantitative estimate of drug-likeness (QED) is 0.897. The van der Waals surface area contributed by atoms with Crippen LogP contribution in [0.3, 0.4) is 0 Å². The summed E-state index contributed by atoms with van der Waals surface area (Å²) in [6, 6.07) is 10.1. The number of nitrogens with one attached hydrogen (secondary N) is 1. The Morgan fingerprint density at radius 2 is 2.05 bits per heavy atom. The molecule has 22 heavy (non-hydrogen) atoms. The first-order valence-electron chi connectivity index (χ1n) is 7.39. The number of rotatable bonds is 4. The van der Waals surface area contributed by atoms with E-state index in [4.69, 9.17) is 0 Å². The molecule has 0 radical (unpaired) electrons. The molecule has 1 aliphatic heterocycles. The van der Waals surface area contributed by atoms with Crippen molar-refractivity contribution >= 4 is 27.7 Å². The Balaban J connectivity index is 1.85. The van der Waals surface area contributed by atoms with Crippen molar-refractivity contribution < 1.29 is 4.79 Å². The number of hydrogen-bond acceptors (Lipinski definition) is 3. The van der Waals surface area contributed by atoms with E-state index >= 15 is 0 Å². The van der Waals surface area contributed by atoms with Crippen molar-refractivity contribution in [3.63, 3.8) is 0 Å². The summed E-state index contributed by atoms with van der Waals surface area (Å²) in [5.41, 5.74) is 2.94. The van der Waals surface area contributed by atoms with E-state index < -0.39 is 0 Å². The van der Waals surface area contributed by atoms with Gasteiger partial charge in [0.05, 0.1) is 6.54 Å². The van der Waals surface area contributed by atoms with Crippen molar-refractivity contribution in [2.45, 2.75) is 26.4 Å². The van der Waals surface area contributed by atoms with E-state index in [2.05, 4.69) is 45.3 Å². The summed E-state index contributed by atoms with van der Waals surface area (Å²) in [5.74, 6) is 0.900. The summed E-state index contributed by atoms with van der Waals surface area (Å²) in [6.45, 7) is 5.44. The number of nitrogens with zero attached hydrogens (tertiary/aromatic N) is 2. The van der Waals surface area contributed by atoms with E-state index in [1.807, 2.05) is 30.0 Å². The van der Waals surface area contributed by atoms with E-state index in [0.29, 0.717) is 6.54 Å². The summed E-state index contributed by atoms with van der Waals surface area (Å²) < 4.78 is 1.06. The second-order valence-corrected chi connectivity index (χ2v) is 6.34. The molecule has 2 aromatic rings. The molecular weight excluding hydrogens is 342 g/mol. The van der Waals surface area contributed by atoms with Crippen LogP contribution in [0.15, 0.2) is 41.0 Å². The normalized spacial score (nSPS) is 14.9. The molecular formula is C17H18BrN3O. The highest BCUT2D eigenvalue weighted by Crippen LogP contribution is 2.29. The Kier molecular flexibility index (Phi) is 4.16. The summed E-state index contributed by atoms with van der Waals surface area (Å²) in [6.07, 6.45) is 1.70. The van der Waals surface area contributed by atoms with E-state index in [0.717, 1.165) is 28.0 Å². The Morgan fingerprint density at radius 1 is 1.32 bits per heavy atom. The highest BCUT2D eigenvalue weighted by molar-refractivity contribution is 9.10. The minimum Gasteiger partial charge on any atom is -0.363 e. The first-order chi connectivity index (χ1) is 10.6. The average molecular weight is 360 g/mol. The molecule has 2 heterocycles. The standard InChI is InChI=1S/C17H18BrN3O/c1-3-21-10-15-14(17(21)22)8-9-19-16(15)20-11(2)12-4-6-13(18)7-5-12/h4-9,11H,3,10H2,1-2H3,(H,19,20)/t11-/m0/s1. The van der Waals surface area contributed by atoms with Gasteiger partial charge in [-0.25, -0.2) is 4.98 Å². The third-order valence-electron chi connectivity index (χ3n) is 4.03. The molecule has 0 unspecified atom stereocenters. The Hall–Kier alpha value is -1.88. The van der Waals surface area contributed by atoms with Crippen molar-refractivity contribution in [1.29, 1.82) is 0 Å². The summed E-state index contributed by atoms with van der Waals surface area (Å²) in [5, 5.41) is 3.44. The summed E-state index contributed by atoms with van der Waals surface area (Å²) in [7, 11) is 0. The second-order valence-electron chi connectivity index (χ2n) is 5.42. The van der Waals surface area contributed by atoms with Crippen LogP contribution in [0.4, 0.5) is 5.82 Å². The van der Waals surface area contributed by atoms with Gasteiger partial charge in [0.1, 0.15) is 5.82 Å². The molecule has 0 aliphatic carbocycles. The number of halogens is 1. The highest BCUT2D eigenvalue weighted by Gasteiger charge is 2.29. The third kappa shape index (κ3) is 2.73. The van der Waals surface area contributed by atoms with Gasteiger partial charge in [0.15, 0.2) is 0 Å². The van der Waals surface area contributed by atoms with Gasteiger partial charge in [-0.2, -0.15) is 0 Å². The number of fused-ring (bicyclic) bond motifs is 1. The zero-order valence-electron chi connectivity index (χ0n) is 12.6. The fraction of sp³-hybridized carbons (Fsp3) is 0.294. The topological polar surface area (TPSA) is 45.2 Å². The molecule has 114 valence electrons. The lowest BCUT2D eigenvalue weighted by molar-refractivity contribution is 0.0787. The minimum atomic E-state index is 0.0965. The minimum absolute atomic E-state index is 0.0965. The van der Waals surface area contributed by atoms with Crippen LogP contribution in [0.5, 0.6) is 0 Å². The molecule has 5 heteroatoms. The number of benzene rings is 1. The SMILES string of the molecule is CCN1Cc2c(ccnc2N[C@@H](C)c2ccc(Br)cc2)C1=O. The van der Waals surface area contributed by atoms with Crippen LogP contribution < -0.4 is 5.32 Å². The number of anilines is 1. The highest BCUT2D eigenvalue weighted by atomic mass is 79.9. The van der Waals surface area contributed by atoms with Gasteiger partial charge in [0.2, 0.25) is 0 Å². The third-order valence-corrected chi connectivity index (χ3v) is 4.56. The number of carbonyl (C=O) groups excluding carboxylic acids is 1. The van der Waals surface area contributed by atoms with Gasteiger partial charge in [-0.1, -0.05) is 28.1 Å². The molecule has 0 saturated heterocycles. The summed E-state index contributed by atoms with van der Waals surface area (Å²) >= 11 is 3.45. The predicted molar refractivity (Wildman–Crippen MR) is 90.8 cm³/mol. The number of carbonyl (C=O) groups is 1. The molecule has 0 bridgehead atoms. The lowest BCUT2D eigenvalue weighted by Gasteiger charge is -2.17. The van der Waals surface area contributed by atoms with Gasteiger partial charge in [-0.15, -0.1) is 0 Å². The molecule has 3 rings (SSSR count). The maximum atomic E-state index is 12.2.